The van der Waals surface area contributed by atoms with Gasteiger partial charge in [0.25, 0.3) is 5.91 Å². The Labute approximate surface area is 201 Å². The van der Waals surface area contributed by atoms with Crippen LogP contribution in [-0.4, -0.2) is 81.5 Å². The number of carbonyl (C=O) groups is 1. The zero-order chi connectivity index (χ0) is 23.8. The van der Waals surface area contributed by atoms with Gasteiger partial charge in [-0.2, -0.15) is 4.58 Å². The number of morpholine rings is 1. The molecule has 8 nitrogen and oxygen atoms in total. The van der Waals surface area contributed by atoms with Crippen LogP contribution in [0.25, 0.3) is 11.2 Å². The minimum atomic E-state index is -0.393. The fourth-order valence-electron chi connectivity index (χ4n) is 4.50. The number of nitrogens with one attached hydrogen (secondary N) is 2. The van der Waals surface area contributed by atoms with E-state index in [2.05, 4.69) is 20.2 Å². The number of halogens is 2. The van der Waals surface area contributed by atoms with Crippen molar-refractivity contribution in [1.29, 1.82) is 0 Å². The highest BCUT2D eigenvalue weighted by Crippen LogP contribution is 2.37. The normalized spacial score (nSPS) is 16.1. The van der Waals surface area contributed by atoms with Gasteiger partial charge in [0.05, 0.1) is 30.0 Å². The number of aromatic amines is 1. The third-order valence-corrected chi connectivity index (χ3v) is 6.30. The van der Waals surface area contributed by atoms with E-state index < -0.39 is 5.82 Å². The summed E-state index contributed by atoms with van der Waals surface area (Å²) >= 11 is 6.16. The summed E-state index contributed by atoms with van der Waals surface area (Å²) < 4.78 is 22.4. The summed E-state index contributed by atoms with van der Waals surface area (Å²) in [5, 5.41) is 3.24. The first-order valence-corrected chi connectivity index (χ1v) is 11.9. The number of fused-ring (bicyclic) bond motifs is 2. The van der Waals surface area contributed by atoms with E-state index in [-0.39, 0.29) is 11.9 Å². The molecule has 178 valence electrons. The first kappa shape index (κ1) is 22.9. The molecule has 10 heteroatoms. The minimum absolute atomic E-state index is 0.0118. The van der Waals surface area contributed by atoms with Gasteiger partial charge in [0.2, 0.25) is 11.4 Å². The Morgan fingerprint density at radius 1 is 1.35 bits per heavy atom. The molecule has 0 bridgehead atoms. The average molecular weight is 486 g/mol. The van der Waals surface area contributed by atoms with Gasteiger partial charge in [-0.25, -0.2) is 14.4 Å². The summed E-state index contributed by atoms with van der Waals surface area (Å²) in [4.78, 5) is 27.2. The van der Waals surface area contributed by atoms with Crippen molar-refractivity contribution < 1.29 is 18.5 Å². The molecule has 0 spiro atoms. The molecule has 34 heavy (non-hydrogen) atoms. The minimum Gasteiger partial charge on any atom is -0.379 e. The molecule has 0 aliphatic carbocycles. The first-order valence-electron chi connectivity index (χ1n) is 11.5. The zero-order valence-corrected chi connectivity index (χ0v) is 20.0. The number of carbonyl (C=O) groups excluding carboxylic acids is 1. The van der Waals surface area contributed by atoms with E-state index in [1.165, 1.54) is 6.07 Å². The lowest BCUT2D eigenvalue weighted by atomic mass is 9.96. The van der Waals surface area contributed by atoms with E-state index in [1.54, 1.807) is 18.5 Å². The van der Waals surface area contributed by atoms with Crippen molar-refractivity contribution in [2.75, 3.05) is 39.4 Å². The van der Waals surface area contributed by atoms with Crippen LogP contribution < -0.4 is 5.32 Å². The zero-order valence-electron chi connectivity index (χ0n) is 19.2. The quantitative estimate of drug-likeness (QED) is 0.502. The molecular formula is C24H27ClFN6O2+. The number of nitrogens with zero attached hydrogens (tertiary/aromatic N) is 4. The van der Waals surface area contributed by atoms with Crippen molar-refractivity contribution in [2.45, 2.75) is 26.3 Å². The standard InChI is InChI=1S/C24H26ClFN6O2/c1-14(2)29-24(33)16-12-27-23-21(16)30-18(13-28-23)22-20-17(26)10-15(25)11-19(20)32(22)5-3-4-31-6-8-34-9-7-31/h10-14H,3-9H2,1-2H3,(H,29,33)/p+1. The molecule has 5 rings (SSSR count). The average Bonchev–Trinajstić information content (AvgIpc) is 3.22. The van der Waals surface area contributed by atoms with Crippen LogP contribution in [0.4, 0.5) is 10.1 Å². The fraction of sp³-hybridized carbons (Fsp3) is 0.417. The smallest absolute Gasteiger partial charge is 0.255 e. The third-order valence-electron chi connectivity index (χ3n) is 6.08. The van der Waals surface area contributed by atoms with Crippen LogP contribution in [0.3, 0.4) is 0 Å². The Hall–Kier alpha value is -2.88. The number of aromatic nitrogens is 3. The van der Waals surface area contributed by atoms with Gasteiger partial charge in [0, 0.05) is 44.4 Å². The van der Waals surface area contributed by atoms with E-state index in [4.69, 9.17) is 21.3 Å². The lowest BCUT2D eigenvalue weighted by Crippen LogP contribution is -2.38. The summed E-state index contributed by atoms with van der Waals surface area (Å²) in [6, 6.07) is 3.08. The molecule has 2 N–H and O–H groups in total. The molecule has 1 saturated heterocycles. The largest absolute Gasteiger partial charge is 0.379 e. The molecule has 4 heterocycles. The number of hydrogen-bond acceptors (Lipinski definition) is 5. The van der Waals surface area contributed by atoms with Crippen molar-refractivity contribution in [3.8, 4) is 0 Å². The van der Waals surface area contributed by atoms with E-state index >= 15 is 0 Å². The number of rotatable bonds is 7. The molecule has 2 aromatic heterocycles. The van der Waals surface area contributed by atoms with Gasteiger partial charge in [-0.05, 0) is 19.9 Å². The first-order chi connectivity index (χ1) is 16.4. The molecule has 0 unspecified atom stereocenters. The predicted molar refractivity (Wildman–Crippen MR) is 128 cm³/mol. The fourth-order valence-corrected chi connectivity index (χ4v) is 4.70. The number of amides is 1. The maximum absolute atomic E-state index is 14.9. The van der Waals surface area contributed by atoms with Crippen molar-refractivity contribution in [3.63, 3.8) is 0 Å². The third kappa shape index (κ3) is 4.31. The maximum Gasteiger partial charge on any atom is 0.255 e. The Bertz CT molecular complexity index is 1280. The highest BCUT2D eigenvalue weighted by molar-refractivity contribution is 6.31. The van der Waals surface area contributed by atoms with Gasteiger partial charge in [0.15, 0.2) is 23.4 Å². The second-order valence-electron chi connectivity index (χ2n) is 8.87. The van der Waals surface area contributed by atoms with Gasteiger partial charge in [0.1, 0.15) is 11.3 Å². The van der Waals surface area contributed by atoms with E-state index in [9.17, 15) is 9.18 Å². The summed E-state index contributed by atoms with van der Waals surface area (Å²) in [7, 11) is 0. The SMILES string of the molecule is CC(C)NC(=O)c1c[nH]c2ncc(C3=[N+](CCCN4CCOCC4)c4cc(Cl)cc(F)c43)nc12. The number of hydrogen-bond donors (Lipinski definition) is 2. The number of benzene rings is 1. The predicted octanol–water partition coefficient (Wildman–Crippen LogP) is 3.11. The van der Waals surface area contributed by atoms with Gasteiger partial charge < -0.3 is 15.0 Å². The number of H-pyrrole nitrogens is 1. The van der Waals surface area contributed by atoms with Crippen LogP contribution in [0.2, 0.25) is 5.02 Å². The van der Waals surface area contributed by atoms with E-state index in [1.807, 2.05) is 18.4 Å². The molecule has 2 aliphatic heterocycles. The van der Waals surface area contributed by atoms with Crippen molar-refractivity contribution in [3.05, 3.63) is 52.2 Å². The second kappa shape index (κ2) is 9.40. The van der Waals surface area contributed by atoms with Crippen LogP contribution in [0.1, 0.15) is 41.9 Å². The Balaban J connectivity index is 1.49. The van der Waals surface area contributed by atoms with Gasteiger partial charge in [-0.3, -0.25) is 9.69 Å². The second-order valence-corrected chi connectivity index (χ2v) is 9.31. The molecule has 1 amide bonds. The summed E-state index contributed by atoms with van der Waals surface area (Å²) in [5.74, 6) is -0.622. The molecule has 2 aliphatic rings. The van der Waals surface area contributed by atoms with Gasteiger partial charge in [-0.1, -0.05) is 11.6 Å². The van der Waals surface area contributed by atoms with Crippen LogP contribution in [0.15, 0.2) is 24.5 Å². The molecule has 0 radical (unpaired) electrons. The molecule has 3 aromatic rings. The summed E-state index contributed by atoms with van der Waals surface area (Å²) in [6.07, 6.45) is 4.11. The highest BCUT2D eigenvalue weighted by atomic mass is 35.5. The van der Waals surface area contributed by atoms with Crippen LogP contribution in [-0.2, 0) is 4.74 Å². The molecule has 1 fully saturated rings. The maximum atomic E-state index is 14.9. The van der Waals surface area contributed by atoms with Crippen LogP contribution in [0, 0.1) is 5.82 Å². The van der Waals surface area contributed by atoms with Crippen LogP contribution >= 0.6 is 11.6 Å². The lowest BCUT2D eigenvalue weighted by molar-refractivity contribution is -0.453. The Morgan fingerprint density at radius 2 is 2.15 bits per heavy atom. The van der Waals surface area contributed by atoms with E-state index in [0.717, 1.165) is 45.0 Å². The monoisotopic (exact) mass is 485 g/mol. The summed E-state index contributed by atoms with van der Waals surface area (Å²) in [6.45, 7) is 8.75. The molecular weight excluding hydrogens is 459 g/mol. The van der Waals surface area contributed by atoms with Crippen LogP contribution in [0.5, 0.6) is 0 Å². The highest BCUT2D eigenvalue weighted by Gasteiger charge is 2.41. The van der Waals surface area contributed by atoms with Crippen molar-refractivity contribution in [2.24, 2.45) is 0 Å². The van der Waals surface area contributed by atoms with Crippen molar-refractivity contribution >= 4 is 40.1 Å². The summed E-state index contributed by atoms with van der Waals surface area (Å²) in [5.41, 5.74) is 3.78. The molecule has 0 atom stereocenters. The van der Waals surface area contributed by atoms with Gasteiger partial charge >= 0.3 is 0 Å². The number of ether oxygens (including phenoxy) is 1. The Kier molecular flexibility index (Phi) is 6.33. The lowest BCUT2D eigenvalue weighted by Gasteiger charge is -2.27. The van der Waals surface area contributed by atoms with Gasteiger partial charge in [-0.15, -0.1) is 0 Å². The Morgan fingerprint density at radius 3 is 2.91 bits per heavy atom. The van der Waals surface area contributed by atoms with Crippen molar-refractivity contribution in [1.82, 2.24) is 25.2 Å². The molecule has 1 aromatic carbocycles. The topological polar surface area (TPSA) is 86.2 Å². The van der Waals surface area contributed by atoms with E-state index in [0.29, 0.717) is 45.3 Å². The molecule has 0 saturated carbocycles.